The zero-order valence-electron chi connectivity index (χ0n) is 5.66. The molecule has 0 spiro atoms. The van der Waals surface area contributed by atoms with Crippen LogP contribution in [-0.2, 0) is 0 Å². The molecule has 64 valence electrons. The number of nitrogens with two attached hydrogens (primary N) is 1. The lowest BCUT2D eigenvalue weighted by molar-refractivity contribution is 0.269. The molecule has 0 aliphatic carbocycles. The van der Waals surface area contributed by atoms with Crippen molar-refractivity contribution in [2.75, 3.05) is 6.61 Å². The van der Waals surface area contributed by atoms with Gasteiger partial charge < -0.3 is 10.8 Å². The molecule has 0 fully saturated rings. The van der Waals surface area contributed by atoms with E-state index in [2.05, 4.69) is 15.9 Å². The molecule has 0 aliphatic rings. The molecule has 0 amide bonds. The van der Waals surface area contributed by atoms with E-state index in [0.717, 1.165) is 9.35 Å². The second-order valence-electron chi connectivity index (χ2n) is 1.96. The molecule has 1 aromatic heterocycles. The molecular weight excluding hydrogens is 249 g/mol. The fourth-order valence-electron chi connectivity index (χ4n) is 0.613. The van der Waals surface area contributed by atoms with Gasteiger partial charge in [0.05, 0.1) is 12.6 Å². The quantitative estimate of drug-likeness (QED) is 0.851. The van der Waals surface area contributed by atoms with E-state index in [1.165, 1.54) is 0 Å². The molecule has 0 bridgehead atoms. The molecule has 0 radical (unpaired) electrons. The van der Waals surface area contributed by atoms with Crippen molar-refractivity contribution in [3.8, 4) is 0 Å². The van der Waals surface area contributed by atoms with E-state index in [-0.39, 0.29) is 25.1 Å². The molecule has 0 unspecified atom stereocenters. The molecule has 1 atom stereocenters. The summed E-state index contributed by atoms with van der Waals surface area (Å²) in [7, 11) is 0. The summed E-state index contributed by atoms with van der Waals surface area (Å²) in [5.74, 6) is 0. The highest BCUT2D eigenvalue weighted by Gasteiger charge is 2.05. The van der Waals surface area contributed by atoms with Gasteiger partial charge in [-0.15, -0.1) is 23.7 Å². The third-order valence-corrected chi connectivity index (χ3v) is 2.98. The predicted molar refractivity (Wildman–Crippen MR) is 53.3 cm³/mol. The van der Waals surface area contributed by atoms with Gasteiger partial charge >= 0.3 is 0 Å². The third kappa shape index (κ3) is 3.09. The zero-order valence-corrected chi connectivity index (χ0v) is 8.88. The SMILES string of the molecule is Cl.N[C@@H](CO)c1cc(Br)cs1. The van der Waals surface area contributed by atoms with Crippen molar-refractivity contribution < 1.29 is 5.11 Å². The topological polar surface area (TPSA) is 46.2 Å². The number of hydrogen-bond donors (Lipinski definition) is 2. The Morgan fingerprint density at radius 1 is 1.73 bits per heavy atom. The van der Waals surface area contributed by atoms with Gasteiger partial charge in [0.15, 0.2) is 0 Å². The number of rotatable bonds is 2. The Kier molecular flexibility index (Phi) is 5.29. The van der Waals surface area contributed by atoms with Crippen molar-refractivity contribution in [3.05, 3.63) is 20.8 Å². The summed E-state index contributed by atoms with van der Waals surface area (Å²) < 4.78 is 1.02. The van der Waals surface area contributed by atoms with Crippen LogP contribution in [0.4, 0.5) is 0 Å². The number of thiophene rings is 1. The monoisotopic (exact) mass is 257 g/mol. The molecule has 0 aromatic carbocycles. The predicted octanol–water partition coefficient (Wildman–Crippen LogP) is 1.92. The van der Waals surface area contributed by atoms with Crippen molar-refractivity contribution in [1.29, 1.82) is 0 Å². The van der Waals surface area contributed by atoms with Gasteiger partial charge in [-0.25, -0.2) is 0 Å². The Morgan fingerprint density at radius 3 is 2.73 bits per heavy atom. The molecule has 0 saturated heterocycles. The summed E-state index contributed by atoms with van der Waals surface area (Å²) >= 11 is 4.85. The first-order valence-corrected chi connectivity index (χ1v) is 4.51. The maximum atomic E-state index is 8.66. The number of hydrogen-bond acceptors (Lipinski definition) is 3. The molecule has 1 heterocycles. The van der Waals surface area contributed by atoms with Crippen molar-refractivity contribution in [2.45, 2.75) is 6.04 Å². The Bertz CT molecular complexity index is 218. The van der Waals surface area contributed by atoms with Crippen LogP contribution in [0.2, 0.25) is 0 Å². The summed E-state index contributed by atoms with van der Waals surface area (Å²) in [6.45, 7) is 0.00690. The Morgan fingerprint density at radius 2 is 2.36 bits per heavy atom. The summed E-state index contributed by atoms with van der Waals surface area (Å²) in [4.78, 5) is 1.01. The van der Waals surface area contributed by atoms with Crippen LogP contribution in [0, 0.1) is 0 Å². The highest BCUT2D eigenvalue weighted by Crippen LogP contribution is 2.23. The normalized spacial score (nSPS) is 12.3. The summed E-state index contributed by atoms with van der Waals surface area (Å²) in [6, 6.07) is 1.70. The largest absolute Gasteiger partial charge is 0.394 e. The van der Waals surface area contributed by atoms with Gasteiger partial charge in [-0.3, -0.25) is 0 Å². The van der Waals surface area contributed by atoms with Crippen molar-refractivity contribution in [3.63, 3.8) is 0 Å². The second-order valence-corrected chi connectivity index (χ2v) is 3.81. The van der Waals surface area contributed by atoms with Crippen LogP contribution in [0.1, 0.15) is 10.9 Å². The zero-order chi connectivity index (χ0) is 7.56. The van der Waals surface area contributed by atoms with Gasteiger partial charge in [-0.2, -0.15) is 0 Å². The average molecular weight is 259 g/mol. The van der Waals surface area contributed by atoms with Gasteiger partial charge in [0.1, 0.15) is 0 Å². The molecule has 3 N–H and O–H groups in total. The molecule has 11 heavy (non-hydrogen) atoms. The number of halogens is 2. The molecule has 1 aromatic rings. The fourth-order valence-corrected chi connectivity index (χ4v) is 2.05. The minimum Gasteiger partial charge on any atom is -0.394 e. The first-order chi connectivity index (χ1) is 4.74. The third-order valence-electron chi connectivity index (χ3n) is 1.15. The molecule has 2 nitrogen and oxygen atoms in total. The highest BCUT2D eigenvalue weighted by molar-refractivity contribution is 9.10. The van der Waals surface area contributed by atoms with Crippen LogP contribution >= 0.6 is 39.7 Å². The van der Waals surface area contributed by atoms with Gasteiger partial charge in [0.2, 0.25) is 0 Å². The van der Waals surface area contributed by atoms with Crippen molar-refractivity contribution >= 4 is 39.7 Å². The fraction of sp³-hybridized carbons (Fsp3) is 0.333. The molecule has 5 heteroatoms. The van der Waals surface area contributed by atoms with Crippen LogP contribution < -0.4 is 5.73 Å². The smallest absolute Gasteiger partial charge is 0.0632 e. The summed E-state index contributed by atoms with van der Waals surface area (Å²) in [5.41, 5.74) is 5.55. The minimum atomic E-state index is -0.226. The number of aliphatic hydroxyl groups excluding tert-OH is 1. The molecule has 0 saturated carbocycles. The van der Waals surface area contributed by atoms with E-state index in [9.17, 15) is 0 Å². The lowest BCUT2D eigenvalue weighted by atomic mass is 10.3. The van der Waals surface area contributed by atoms with E-state index in [1.54, 1.807) is 11.3 Å². The van der Waals surface area contributed by atoms with Gasteiger partial charge in [0.25, 0.3) is 0 Å². The van der Waals surface area contributed by atoms with Gasteiger partial charge in [-0.05, 0) is 22.0 Å². The maximum Gasteiger partial charge on any atom is 0.0632 e. The minimum absolute atomic E-state index is 0. The lowest BCUT2D eigenvalue weighted by Crippen LogP contribution is -2.12. The van der Waals surface area contributed by atoms with Crippen LogP contribution in [0.3, 0.4) is 0 Å². The van der Waals surface area contributed by atoms with Gasteiger partial charge in [-0.1, -0.05) is 0 Å². The average Bonchev–Trinajstić information content (AvgIpc) is 2.34. The van der Waals surface area contributed by atoms with E-state index in [0.29, 0.717) is 0 Å². The van der Waals surface area contributed by atoms with Crippen LogP contribution in [0.5, 0.6) is 0 Å². The van der Waals surface area contributed by atoms with E-state index < -0.39 is 0 Å². The summed E-state index contributed by atoms with van der Waals surface area (Å²) in [5, 5.41) is 10.6. The first-order valence-electron chi connectivity index (χ1n) is 2.84. The Labute approximate surface area is 84.0 Å². The number of aliphatic hydroxyl groups is 1. The van der Waals surface area contributed by atoms with E-state index in [4.69, 9.17) is 10.8 Å². The van der Waals surface area contributed by atoms with Gasteiger partial charge in [0, 0.05) is 14.7 Å². The second kappa shape index (κ2) is 5.11. The van der Waals surface area contributed by atoms with Crippen LogP contribution in [-0.4, -0.2) is 11.7 Å². The molecular formula is C6H9BrClNOS. The first kappa shape index (κ1) is 11.4. The van der Waals surface area contributed by atoms with Crippen LogP contribution in [0.15, 0.2) is 15.9 Å². The van der Waals surface area contributed by atoms with Crippen LogP contribution in [0.25, 0.3) is 0 Å². The van der Waals surface area contributed by atoms with Crippen molar-refractivity contribution in [2.24, 2.45) is 5.73 Å². The maximum absolute atomic E-state index is 8.66. The molecule has 1 rings (SSSR count). The standard InChI is InChI=1S/C6H8BrNOS.ClH/c7-4-1-6(10-3-4)5(8)2-9;/h1,3,5,9H,2,8H2;1H/t5-;/m0./s1. The Hall–Kier alpha value is 0.390. The molecule has 0 aliphatic heterocycles. The lowest BCUT2D eigenvalue weighted by Gasteiger charge is -2.02. The summed E-state index contributed by atoms with van der Waals surface area (Å²) in [6.07, 6.45) is 0. The van der Waals surface area contributed by atoms with Crippen molar-refractivity contribution in [1.82, 2.24) is 0 Å². The Balaban J connectivity index is 0.000001000. The van der Waals surface area contributed by atoms with E-state index >= 15 is 0 Å². The van der Waals surface area contributed by atoms with E-state index in [1.807, 2.05) is 11.4 Å². The highest BCUT2D eigenvalue weighted by atomic mass is 79.9.